The molecule has 2 aromatic heterocycles. The van der Waals surface area contributed by atoms with Crippen molar-refractivity contribution < 1.29 is 13.2 Å². The van der Waals surface area contributed by atoms with E-state index in [-0.39, 0.29) is 12.1 Å². The van der Waals surface area contributed by atoms with E-state index in [1.807, 2.05) is 23.4 Å². The normalized spacial score (nSPS) is 12.5. The van der Waals surface area contributed by atoms with Crippen LogP contribution >= 0.6 is 11.3 Å². The third-order valence-corrected chi connectivity index (χ3v) is 4.39. The van der Waals surface area contributed by atoms with E-state index in [9.17, 15) is 13.2 Å². The van der Waals surface area contributed by atoms with Gasteiger partial charge in [-0.05, 0) is 17.9 Å². The third kappa shape index (κ3) is 4.73. The van der Waals surface area contributed by atoms with Gasteiger partial charge in [0.15, 0.2) is 11.7 Å². The van der Waals surface area contributed by atoms with Gasteiger partial charge in [0.2, 0.25) is 0 Å². The largest absolute Gasteiger partial charge is 0.435 e. The van der Waals surface area contributed by atoms with Crippen molar-refractivity contribution in [1.82, 2.24) is 20.0 Å². The number of hydrogen-bond donors (Lipinski definition) is 1. The predicted octanol–water partition coefficient (Wildman–Crippen LogP) is 2.75. The monoisotopic (exact) mass is 359 g/mol. The van der Waals surface area contributed by atoms with E-state index in [4.69, 9.17) is 0 Å². The molecule has 0 spiro atoms. The molecule has 0 bridgehead atoms. The van der Waals surface area contributed by atoms with Gasteiger partial charge in [0.1, 0.15) is 0 Å². The van der Waals surface area contributed by atoms with Gasteiger partial charge < -0.3 is 10.2 Å². The smallest absolute Gasteiger partial charge is 0.352 e. The average molecular weight is 359 g/mol. The topological polar surface area (TPSA) is 45.5 Å². The first kappa shape index (κ1) is 18.3. The molecule has 0 saturated carbocycles. The summed E-state index contributed by atoms with van der Waals surface area (Å²) in [6.07, 6.45) is -2.24. The highest BCUT2D eigenvalue weighted by atomic mass is 32.1. The van der Waals surface area contributed by atoms with Crippen LogP contribution in [-0.4, -0.2) is 41.3 Å². The zero-order valence-electron chi connectivity index (χ0n) is 13.8. The van der Waals surface area contributed by atoms with Crippen molar-refractivity contribution in [3.05, 3.63) is 39.8 Å². The average Bonchev–Trinajstić information content (AvgIpc) is 3.14. The molecule has 0 aliphatic heterocycles. The highest BCUT2D eigenvalue weighted by Crippen LogP contribution is 2.30. The Bertz CT molecular complexity index is 676. The molecule has 2 rings (SSSR count). The van der Waals surface area contributed by atoms with Crippen LogP contribution < -0.4 is 5.32 Å². The van der Waals surface area contributed by atoms with Crippen molar-refractivity contribution >= 4 is 17.3 Å². The van der Waals surface area contributed by atoms with E-state index < -0.39 is 11.9 Å². The summed E-state index contributed by atoms with van der Waals surface area (Å²) < 4.78 is 40.1. The van der Waals surface area contributed by atoms with Crippen LogP contribution in [0.15, 0.2) is 28.7 Å². The molecule has 2 heterocycles. The number of guanidine groups is 1. The second kappa shape index (κ2) is 7.69. The molecule has 9 heteroatoms. The Kier molecular flexibility index (Phi) is 5.87. The summed E-state index contributed by atoms with van der Waals surface area (Å²) in [5, 5.41) is 8.48. The lowest BCUT2D eigenvalue weighted by Crippen LogP contribution is -2.39. The molecule has 0 unspecified atom stereocenters. The van der Waals surface area contributed by atoms with Gasteiger partial charge in [-0.3, -0.25) is 9.67 Å². The van der Waals surface area contributed by atoms with Crippen molar-refractivity contribution in [3.8, 4) is 0 Å². The lowest BCUT2D eigenvalue weighted by Gasteiger charge is -2.22. The van der Waals surface area contributed by atoms with E-state index in [0.29, 0.717) is 5.96 Å². The maximum Gasteiger partial charge on any atom is 0.435 e. The van der Waals surface area contributed by atoms with E-state index in [2.05, 4.69) is 21.5 Å². The summed E-state index contributed by atoms with van der Waals surface area (Å²) in [6.45, 7) is 0.734. The number of likely N-dealkylation sites (N-methyl/N-ethyl adjacent to an activating group) is 1. The van der Waals surface area contributed by atoms with E-state index >= 15 is 0 Å². The first-order chi connectivity index (χ1) is 11.3. The Hall–Kier alpha value is -2.03. The van der Waals surface area contributed by atoms with Crippen molar-refractivity contribution in [1.29, 1.82) is 0 Å². The SMILES string of the molecule is CN=C(NCc1cn(C)nc1C(F)(F)F)N(C)CCc1cccs1. The highest BCUT2D eigenvalue weighted by molar-refractivity contribution is 7.09. The molecule has 0 aromatic carbocycles. The van der Waals surface area contributed by atoms with E-state index in [1.165, 1.54) is 22.8 Å². The number of aromatic nitrogens is 2. The Labute approximate surface area is 142 Å². The molecule has 0 amide bonds. The van der Waals surface area contributed by atoms with Crippen LogP contribution in [0, 0.1) is 0 Å². The van der Waals surface area contributed by atoms with Crippen molar-refractivity contribution in [2.45, 2.75) is 19.1 Å². The van der Waals surface area contributed by atoms with Crippen LogP contribution in [0.3, 0.4) is 0 Å². The fourth-order valence-corrected chi connectivity index (χ4v) is 3.00. The van der Waals surface area contributed by atoms with Gasteiger partial charge in [0, 0.05) is 50.9 Å². The maximum absolute atomic E-state index is 13.0. The summed E-state index contributed by atoms with van der Waals surface area (Å²) in [4.78, 5) is 7.27. The number of nitrogens with one attached hydrogen (secondary N) is 1. The summed E-state index contributed by atoms with van der Waals surface area (Å²) >= 11 is 1.68. The first-order valence-electron chi connectivity index (χ1n) is 7.35. The minimum Gasteiger partial charge on any atom is -0.352 e. The van der Waals surface area contributed by atoms with Crippen LogP contribution in [0.25, 0.3) is 0 Å². The Morgan fingerprint density at radius 2 is 2.21 bits per heavy atom. The van der Waals surface area contributed by atoms with Crippen molar-refractivity contribution in [2.24, 2.45) is 12.0 Å². The number of hydrogen-bond acceptors (Lipinski definition) is 3. The van der Waals surface area contributed by atoms with Gasteiger partial charge in [-0.2, -0.15) is 18.3 Å². The fraction of sp³-hybridized carbons (Fsp3) is 0.467. The minimum absolute atomic E-state index is 0.0126. The molecule has 0 atom stereocenters. The highest BCUT2D eigenvalue weighted by Gasteiger charge is 2.36. The molecule has 5 nitrogen and oxygen atoms in total. The molecule has 0 saturated heterocycles. The molecule has 132 valence electrons. The molecular weight excluding hydrogens is 339 g/mol. The second-order valence-electron chi connectivity index (χ2n) is 5.33. The summed E-state index contributed by atoms with van der Waals surface area (Å²) in [6, 6.07) is 4.05. The van der Waals surface area contributed by atoms with E-state index in [1.54, 1.807) is 18.4 Å². The van der Waals surface area contributed by atoms with Crippen LogP contribution in [0.1, 0.15) is 16.1 Å². The summed E-state index contributed by atoms with van der Waals surface area (Å²) in [7, 11) is 4.94. The van der Waals surface area contributed by atoms with E-state index in [0.717, 1.165) is 13.0 Å². The van der Waals surface area contributed by atoms with Crippen LogP contribution in [0.5, 0.6) is 0 Å². The standard InChI is InChI=1S/C15H20F3N5S/c1-19-14(22(2)7-6-12-5-4-8-24-12)20-9-11-10-23(3)21-13(11)15(16,17)18/h4-5,8,10H,6-7,9H2,1-3H3,(H,19,20). The number of nitrogens with zero attached hydrogens (tertiary/aromatic N) is 4. The van der Waals surface area contributed by atoms with Gasteiger partial charge in [0.25, 0.3) is 0 Å². The number of aryl methyl sites for hydroxylation is 1. The zero-order valence-corrected chi connectivity index (χ0v) is 14.6. The van der Waals surface area contributed by atoms with Gasteiger partial charge in [-0.15, -0.1) is 11.3 Å². The molecule has 2 aromatic rings. The van der Waals surface area contributed by atoms with Crippen LogP contribution in [0.4, 0.5) is 13.2 Å². The quantitative estimate of drug-likeness (QED) is 0.660. The third-order valence-electron chi connectivity index (χ3n) is 3.46. The number of alkyl halides is 3. The maximum atomic E-state index is 13.0. The first-order valence-corrected chi connectivity index (χ1v) is 8.23. The Morgan fingerprint density at radius 1 is 1.46 bits per heavy atom. The minimum atomic E-state index is -4.47. The molecule has 1 N–H and O–H groups in total. The predicted molar refractivity (Wildman–Crippen MR) is 89.1 cm³/mol. The van der Waals surface area contributed by atoms with Gasteiger partial charge in [0.05, 0.1) is 0 Å². The Morgan fingerprint density at radius 3 is 2.79 bits per heavy atom. The molecule has 0 aliphatic carbocycles. The summed E-state index contributed by atoms with van der Waals surface area (Å²) in [5.74, 6) is 0.545. The zero-order chi connectivity index (χ0) is 17.7. The number of rotatable bonds is 5. The molecule has 0 radical (unpaired) electrons. The molecular formula is C15H20F3N5S. The summed E-state index contributed by atoms with van der Waals surface area (Å²) in [5.41, 5.74) is -0.771. The van der Waals surface area contributed by atoms with Gasteiger partial charge >= 0.3 is 6.18 Å². The van der Waals surface area contributed by atoms with Crippen LogP contribution in [0.2, 0.25) is 0 Å². The van der Waals surface area contributed by atoms with Gasteiger partial charge in [-0.1, -0.05) is 6.07 Å². The van der Waals surface area contributed by atoms with Gasteiger partial charge in [-0.25, -0.2) is 0 Å². The number of halogens is 3. The van der Waals surface area contributed by atoms with Crippen molar-refractivity contribution in [3.63, 3.8) is 0 Å². The molecule has 0 aliphatic rings. The fourth-order valence-electron chi connectivity index (χ4n) is 2.30. The molecule has 24 heavy (non-hydrogen) atoms. The lowest BCUT2D eigenvalue weighted by atomic mass is 10.2. The van der Waals surface area contributed by atoms with Crippen LogP contribution in [-0.2, 0) is 26.2 Å². The second-order valence-corrected chi connectivity index (χ2v) is 6.36. The number of thiophene rings is 1. The lowest BCUT2D eigenvalue weighted by molar-refractivity contribution is -0.142. The Balaban J connectivity index is 1.96. The molecule has 0 fully saturated rings. The van der Waals surface area contributed by atoms with Crippen molar-refractivity contribution in [2.75, 3.05) is 20.6 Å². The number of aliphatic imine (C=N–C) groups is 1.